The Morgan fingerprint density at radius 1 is 0.958 bits per heavy atom. The fourth-order valence-corrected chi connectivity index (χ4v) is 3.26. The third-order valence-corrected chi connectivity index (χ3v) is 4.42. The van der Waals surface area contributed by atoms with E-state index in [1.807, 2.05) is 79.7 Å². The van der Waals surface area contributed by atoms with Crippen molar-refractivity contribution in [2.45, 2.75) is 12.8 Å². The topological polar surface area (TPSA) is 61.1 Å². The minimum Gasteiger partial charge on any atom is -0.480 e. The molecule has 0 aliphatic carbocycles. The summed E-state index contributed by atoms with van der Waals surface area (Å²) in [6, 6.07) is 23.3. The Balaban J connectivity index is 2.31. The molecule has 3 aromatic rings. The van der Waals surface area contributed by atoms with E-state index < -0.39 is 17.8 Å². The largest absolute Gasteiger partial charge is 0.480 e. The van der Waals surface area contributed by atoms with Gasteiger partial charge in [-0.3, -0.25) is 4.79 Å². The van der Waals surface area contributed by atoms with Crippen LogP contribution in [0.4, 0.5) is 0 Å². The molecule has 0 fully saturated rings. The number of carboxylic acids is 1. The van der Waals surface area contributed by atoms with Gasteiger partial charge in [0.1, 0.15) is 0 Å². The van der Waals surface area contributed by atoms with Gasteiger partial charge in [-0.2, -0.15) is 5.26 Å². The van der Waals surface area contributed by atoms with Crippen molar-refractivity contribution in [1.82, 2.24) is 0 Å². The summed E-state index contributed by atoms with van der Waals surface area (Å²) in [6.07, 6.45) is 0. The summed E-state index contributed by atoms with van der Waals surface area (Å²) in [5, 5.41) is 21.1. The van der Waals surface area contributed by atoms with E-state index in [-0.39, 0.29) is 0 Å². The van der Waals surface area contributed by atoms with Crippen molar-refractivity contribution in [2.75, 3.05) is 0 Å². The van der Waals surface area contributed by atoms with Crippen molar-refractivity contribution in [3.8, 4) is 6.07 Å². The lowest BCUT2D eigenvalue weighted by Gasteiger charge is -2.23. The molecular formula is C21H17NO2. The summed E-state index contributed by atoms with van der Waals surface area (Å²) in [5.74, 6) is -2.75. The van der Waals surface area contributed by atoms with E-state index in [0.29, 0.717) is 0 Å². The van der Waals surface area contributed by atoms with E-state index in [2.05, 4.69) is 0 Å². The van der Waals surface area contributed by atoms with Crippen LogP contribution in [0.15, 0.2) is 66.7 Å². The van der Waals surface area contributed by atoms with Crippen LogP contribution in [-0.2, 0) is 4.79 Å². The molecule has 3 aromatic carbocycles. The minimum absolute atomic E-state index is 0.514. The Hall–Kier alpha value is -3.12. The van der Waals surface area contributed by atoms with E-state index in [4.69, 9.17) is 0 Å². The maximum atomic E-state index is 11.7. The molecule has 0 saturated carbocycles. The number of nitrogens with zero attached hydrogens (tertiary/aromatic N) is 1. The molecule has 24 heavy (non-hydrogen) atoms. The van der Waals surface area contributed by atoms with Crippen LogP contribution in [0.5, 0.6) is 0 Å². The molecule has 0 saturated heterocycles. The van der Waals surface area contributed by atoms with Gasteiger partial charge in [-0.05, 0) is 34.4 Å². The molecule has 2 unspecified atom stereocenters. The van der Waals surface area contributed by atoms with Gasteiger partial charge in [-0.15, -0.1) is 0 Å². The monoisotopic (exact) mass is 315 g/mol. The number of hydrogen-bond acceptors (Lipinski definition) is 2. The number of carboxylic acid groups (broad SMARTS) is 1. The number of hydrogen-bond donors (Lipinski definition) is 1. The van der Waals surface area contributed by atoms with E-state index >= 15 is 0 Å². The predicted octanol–water partition coefficient (Wildman–Crippen LogP) is 4.50. The van der Waals surface area contributed by atoms with Gasteiger partial charge in [-0.25, -0.2) is 0 Å². The summed E-state index contributed by atoms with van der Waals surface area (Å²) in [4.78, 5) is 11.7. The molecule has 0 heterocycles. The molecule has 3 rings (SSSR count). The Kier molecular flexibility index (Phi) is 4.31. The number of aliphatic carboxylic acids is 1. The Morgan fingerprint density at radius 3 is 2.29 bits per heavy atom. The first-order valence-corrected chi connectivity index (χ1v) is 7.79. The second-order valence-electron chi connectivity index (χ2n) is 5.85. The van der Waals surface area contributed by atoms with Crippen LogP contribution in [0.25, 0.3) is 10.8 Å². The van der Waals surface area contributed by atoms with Gasteiger partial charge in [0.25, 0.3) is 0 Å². The normalized spacial score (nSPS) is 13.2. The average molecular weight is 315 g/mol. The summed E-state index contributed by atoms with van der Waals surface area (Å²) >= 11 is 0. The predicted molar refractivity (Wildman–Crippen MR) is 93.7 cm³/mol. The van der Waals surface area contributed by atoms with E-state index in [0.717, 1.165) is 27.5 Å². The van der Waals surface area contributed by atoms with Crippen LogP contribution in [0, 0.1) is 24.2 Å². The number of carbonyl (C=O) groups is 1. The second kappa shape index (κ2) is 6.55. The molecule has 2 atom stereocenters. The van der Waals surface area contributed by atoms with Gasteiger partial charge in [0.2, 0.25) is 0 Å². The van der Waals surface area contributed by atoms with Crippen LogP contribution in [0.2, 0.25) is 0 Å². The highest BCUT2D eigenvalue weighted by Gasteiger charge is 2.32. The summed E-state index contributed by atoms with van der Waals surface area (Å²) in [7, 11) is 0. The third kappa shape index (κ3) is 2.75. The second-order valence-corrected chi connectivity index (χ2v) is 5.85. The van der Waals surface area contributed by atoms with E-state index in [1.165, 1.54) is 0 Å². The maximum Gasteiger partial charge on any atom is 0.321 e. The molecule has 3 heteroatoms. The van der Waals surface area contributed by atoms with Gasteiger partial charge in [-0.1, -0.05) is 66.7 Å². The standard InChI is InChI=1S/C21H17NO2/c1-14-7-2-4-10-16(14)20(19(13-22)21(23)24)18-12-6-9-15-8-3-5-11-17(15)18/h2-12,19-20H,1H3,(H,23,24). The van der Waals surface area contributed by atoms with Crippen molar-refractivity contribution in [1.29, 1.82) is 5.26 Å². The Labute approximate surface area is 140 Å². The van der Waals surface area contributed by atoms with Crippen LogP contribution in [-0.4, -0.2) is 11.1 Å². The zero-order chi connectivity index (χ0) is 17.1. The van der Waals surface area contributed by atoms with Crippen molar-refractivity contribution in [3.05, 3.63) is 83.4 Å². The lowest BCUT2D eigenvalue weighted by molar-refractivity contribution is -0.140. The summed E-state index contributed by atoms with van der Waals surface area (Å²) in [5.41, 5.74) is 2.73. The van der Waals surface area contributed by atoms with Crippen molar-refractivity contribution < 1.29 is 9.90 Å². The molecule has 0 aromatic heterocycles. The summed E-state index contributed by atoms with van der Waals surface area (Å²) in [6.45, 7) is 1.95. The number of rotatable bonds is 4. The van der Waals surface area contributed by atoms with E-state index in [1.54, 1.807) is 0 Å². The highest BCUT2D eigenvalue weighted by atomic mass is 16.4. The van der Waals surface area contributed by atoms with Gasteiger partial charge >= 0.3 is 5.97 Å². The van der Waals surface area contributed by atoms with Crippen LogP contribution < -0.4 is 0 Å². The Bertz CT molecular complexity index is 934. The first kappa shape index (κ1) is 15.8. The van der Waals surface area contributed by atoms with Gasteiger partial charge in [0, 0.05) is 5.92 Å². The zero-order valence-electron chi connectivity index (χ0n) is 13.3. The highest BCUT2D eigenvalue weighted by Crippen LogP contribution is 2.37. The fraction of sp³-hybridized carbons (Fsp3) is 0.143. The van der Waals surface area contributed by atoms with Crippen molar-refractivity contribution in [2.24, 2.45) is 5.92 Å². The van der Waals surface area contributed by atoms with Gasteiger partial charge in [0.05, 0.1) is 6.07 Å². The molecule has 118 valence electrons. The molecule has 0 bridgehead atoms. The fourth-order valence-electron chi connectivity index (χ4n) is 3.26. The number of benzene rings is 3. The maximum absolute atomic E-state index is 11.7. The van der Waals surface area contributed by atoms with Crippen LogP contribution in [0.3, 0.4) is 0 Å². The third-order valence-electron chi connectivity index (χ3n) is 4.42. The molecule has 0 spiro atoms. The number of aryl methyl sites for hydroxylation is 1. The smallest absolute Gasteiger partial charge is 0.321 e. The summed E-state index contributed by atoms with van der Waals surface area (Å²) < 4.78 is 0. The SMILES string of the molecule is Cc1ccccc1C(c1cccc2ccccc12)C(C#N)C(=O)O. The molecule has 1 N–H and O–H groups in total. The van der Waals surface area contributed by atoms with Gasteiger partial charge in [0.15, 0.2) is 5.92 Å². The van der Waals surface area contributed by atoms with Crippen molar-refractivity contribution >= 4 is 16.7 Å². The number of nitriles is 1. The average Bonchev–Trinajstić information content (AvgIpc) is 2.60. The molecule has 0 amide bonds. The number of fused-ring (bicyclic) bond motifs is 1. The molecule has 0 aliphatic heterocycles. The lowest BCUT2D eigenvalue weighted by atomic mass is 9.78. The van der Waals surface area contributed by atoms with Crippen LogP contribution in [0.1, 0.15) is 22.6 Å². The highest BCUT2D eigenvalue weighted by molar-refractivity contribution is 5.88. The quantitative estimate of drug-likeness (QED) is 0.771. The first-order chi connectivity index (χ1) is 11.6. The van der Waals surface area contributed by atoms with Gasteiger partial charge < -0.3 is 5.11 Å². The Morgan fingerprint density at radius 2 is 1.58 bits per heavy atom. The van der Waals surface area contributed by atoms with Crippen LogP contribution >= 0.6 is 0 Å². The zero-order valence-corrected chi connectivity index (χ0v) is 13.3. The molecule has 0 radical (unpaired) electrons. The lowest BCUT2D eigenvalue weighted by Crippen LogP contribution is -2.22. The molecule has 3 nitrogen and oxygen atoms in total. The first-order valence-electron chi connectivity index (χ1n) is 7.79. The molecular weight excluding hydrogens is 298 g/mol. The minimum atomic E-state index is -1.14. The molecule has 0 aliphatic rings. The van der Waals surface area contributed by atoms with E-state index in [9.17, 15) is 15.2 Å². The van der Waals surface area contributed by atoms with Crippen molar-refractivity contribution in [3.63, 3.8) is 0 Å².